The molecular formula is C21H25F3N4O2. The normalized spacial score (nSPS) is 21.9. The number of benzene rings is 1. The largest absolute Gasteiger partial charge is 0.496 e. The summed E-state index contributed by atoms with van der Waals surface area (Å²) < 4.78 is 46.7. The molecule has 4 rings (SSSR count). The van der Waals surface area contributed by atoms with Crippen molar-refractivity contribution in [1.82, 2.24) is 14.7 Å². The lowest BCUT2D eigenvalue weighted by Crippen LogP contribution is -2.38. The van der Waals surface area contributed by atoms with Gasteiger partial charge < -0.3 is 15.4 Å². The summed E-state index contributed by atoms with van der Waals surface area (Å²) in [6.45, 7) is 1.81. The Hall–Kier alpha value is -2.55. The maximum atomic E-state index is 13.5. The van der Waals surface area contributed by atoms with Crippen LogP contribution in [0.15, 0.2) is 24.3 Å². The van der Waals surface area contributed by atoms with E-state index in [0.717, 1.165) is 34.7 Å². The van der Waals surface area contributed by atoms with Crippen molar-refractivity contribution < 1.29 is 22.7 Å². The molecule has 1 saturated carbocycles. The Morgan fingerprint density at radius 2 is 2.03 bits per heavy atom. The highest BCUT2D eigenvalue weighted by atomic mass is 19.4. The van der Waals surface area contributed by atoms with Gasteiger partial charge in [0.1, 0.15) is 18.0 Å². The molecule has 1 aliphatic heterocycles. The SMILES string of the molecule is COc1cccc([C@@H]2[C@H](N)CCN2C(=O)Cn2nc(C3CC3)cc2C(F)(F)F)c1C. The summed E-state index contributed by atoms with van der Waals surface area (Å²) in [5.74, 6) is 0.320. The fraction of sp³-hybridized carbons (Fsp3) is 0.524. The van der Waals surface area contributed by atoms with Gasteiger partial charge >= 0.3 is 6.18 Å². The molecule has 2 atom stereocenters. The molecule has 2 aromatic rings. The van der Waals surface area contributed by atoms with Gasteiger partial charge in [-0.1, -0.05) is 12.1 Å². The van der Waals surface area contributed by atoms with Crippen LogP contribution in [0.3, 0.4) is 0 Å². The number of methoxy groups -OCH3 is 1. The standard InChI is InChI=1S/C21H25F3N4O2/c1-12-14(4-3-5-17(12)30-2)20-15(25)8-9-27(20)19(29)11-28-18(21(22,23)24)10-16(26-28)13-6-7-13/h3-5,10,13,15,20H,6-9,11,25H2,1-2H3/t15-,20-/m1/s1. The van der Waals surface area contributed by atoms with Crippen molar-refractivity contribution in [2.24, 2.45) is 5.73 Å². The molecule has 0 bridgehead atoms. The molecule has 2 fully saturated rings. The van der Waals surface area contributed by atoms with Crippen LogP contribution >= 0.6 is 0 Å². The average Bonchev–Trinajstić information content (AvgIpc) is 3.33. The molecule has 30 heavy (non-hydrogen) atoms. The van der Waals surface area contributed by atoms with Gasteiger partial charge in [0.2, 0.25) is 5.91 Å². The highest BCUT2D eigenvalue weighted by Gasteiger charge is 2.41. The number of rotatable bonds is 5. The van der Waals surface area contributed by atoms with Crippen molar-refractivity contribution in [3.05, 3.63) is 46.8 Å². The quantitative estimate of drug-likeness (QED) is 0.802. The molecule has 2 aliphatic rings. The highest BCUT2D eigenvalue weighted by molar-refractivity contribution is 5.77. The average molecular weight is 422 g/mol. The van der Waals surface area contributed by atoms with Gasteiger partial charge in [0.05, 0.1) is 18.8 Å². The van der Waals surface area contributed by atoms with Gasteiger partial charge in [-0.05, 0) is 49.4 Å². The Morgan fingerprint density at radius 1 is 1.30 bits per heavy atom. The number of nitrogens with two attached hydrogens (primary N) is 1. The molecule has 1 aromatic carbocycles. The third kappa shape index (κ3) is 3.78. The zero-order valence-electron chi connectivity index (χ0n) is 16.9. The first-order valence-electron chi connectivity index (χ1n) is 10.0. The third-order valence-electron chi connectivity index (χ3n) is 6.00. The van der Waals surface area contributed by atoms with E-state index in [1.54, 1.807) is 12.0 Å². The van der Waals surface area contributed by atoms with Gasteiger partial charge in [-0.15, -0.1) is 0 Å². The second-order valence-corrected chi connectivity index (χ2v) is 8.04. The van der Waals surface area contributed by atoms with Gasteiger partial charge in [-0.3, -0.25) is 9.48 Å². The number of likely N-dealkylation sites (tertiary alicyclic amines) is 1. The summed E-state index contributed by atoms with van der Waals surface area (Å²) in [7, 11) is 1.57. The zero-order chi connectivity index (χ0) is 21.6. The highest BCUT2D eigenvalue weighted by Crippen LogP contribution is 2.42. The van der Waals surface area contributed by atoms with E-state index in [9.17, 15) is 18.0 Å². The molecule has 0 radical (unpaired) electrons. The summed E-state index contributed by atoms with van der Waals surface area (Å²) in [5, 5.41) is 4.11. The number of hydrogen-bond donors (Lipinski definition) is 1. The number of carbonyl (C=O) groups excluding carboxylic acids is 1. The number of aromatic nitrogens is 2. The monoisotopic (exact) mass is 422 g/mol. The smallest absolute Gasteiger partial charge is 0.433 e. The minimum Gasteiger partial charge on any atom is -0.496 e. The second kappa shape index (κ2) is 7.61. The molecule has 1 aliphatic carbocycles. The first-order valence-corrected chi connectivity index (χ1v) is 10.0. The van der Waals surface area contributed by atoms with Crippen LogP contribution in [0.25, 0.3) is 0 Å². The Bertz CT molecular complexity index is 952. The second-order valence-electron chi connectivity index (χ2n) is 8.04. The van der Waals surface area contributed by atoms with Crippen molar-refractivity contribution in [2.45, 2.75) is 56.9 Å². The lowest BCUT2D eigenvalue weighted by atomic mass is 9.95. The number of carbonyl (C=O) groups is 1. The third-order valence-corrected chi connectivity index (χ3v) is 6.00. The van der Waals surface area contributed by atoms with Gasteiger partial charge in [-0.25, -0.2) is 0 Å². The van der Waals surface area contributed by atoms with Gasteiger partial charge in [0, 0.05) is 18.5 Å². The predicted molar refractivity (Wildman–Crippen MR) is 104 cm³/mol. The van der Waals surface area contributed by atoms with E-state index in [-0.39, 0.29) is 12.0 Å². The van der Waals surface area contributed by atoms with E-state index >= 15 is 0 Å². The molecular weight excluding hydrogens is 397 g/mol. The number of ether oxygens (including phenoxy) is 1. The van der Waals surface area contributed by atoms with Crippen LogP contribution in [0.5, 0.6) is 5.75 Å². The molecule has 0 unspecified atom stereocenters. The van der Waals surface area contributed by atoms with Crippen molar-refractivity contribution >= 4 is 5.91 Å². The van der Waals surface area contributed by atoms with E-state index in [0.29, 0.717) is 24.4 Å². The maximum Gasteiger partial charge on any atom is 0.433 e. The van der Waals surface area contributed by atoms with E-state index < -0.39 is 30.4 Å². The van der Waals surface area contributed by atoms with Gasteiger partial charge in [0.15, 0.2) is 0 Å². The lowest BCUT2D eigenvalue weighted by molar-refractivity contribution is -0.146. The lowest BCUT2D eigenvalue weighted by Gasteiger charge is -2.29. The Kier molecular flexibility index (Phi) is 5.25. The molecule has 6 nitrogen and oxygen atoms in total. The van der Waals surface area contributed by atoms with Crippen LogP contribution in [0.1, 0.15) is 53.7 Å². The first kappa shape index (κ1) is 20.7. The van der Waals surface area contributed by atoms with Crippen LogP contribution in [-0.2, 0) is 17.5 Å². The molecule has 9 heteroatoms. The van der Waals surface area contributed by atoms with Crippen LogP contribution in [0, 0.1) is 6.92 Å². The zero-order valence-corrected chi connectivity index (χ0v) is 16.9. The molecule has 1 amide bonds. The fourth-order valence-electron chi connectivity index (χ4n) is 4.25. The first-order chi connectivity index (χ1) is 14.2. The van der Waals surface area contributed by atoms with Gasteiger partial charge in [0.25, 0.3) is 0 Å². The number of alkyl halides is 3. The minimum absolute atomic E-state index is 0.0647. The fourth-order valence-corrected chi connectivity index (χ4v) is 4.25. The number of hydrogen-bond acceptors (Lipinski definition) is 4. The summed E-state index contributed by atoms with van der Waals surface area (Å²) >= 11 is 0. The van der Waals surface area contributed by atoms with Crippen LogP contribution < -0.4 is 10.5 Å². The van der Waals surface area contributed by atoms with Crippen LogP contribution in [-0.4, -0.2) is 40.3 Å². The number of amides is 1. The van der Waals surface area contributed by atoms with E-state index in [4.69, 9.17) is 10.5 Å². The molecule has 1 aromatic heterocycles. The Balaban J connectivity index is 1.62. The van der Waals surface area contributed by atoms with Crippen molar-refractivity contribution in [2.75, 3.05) is 13.7 Å². The summed E-state index contributed by atoms with van der Waals surface area (Å²) in [4.78, 5) is 14.7. The maximum absolute atomic E-state index is 13.5. The summed E-state index contributed by atoms with van der Waals surface area (Å²) in [6, 6.07) is 5.89. The Morgan fingerprint density at radius 3 is 2.67 bits per heavy atom. The summed E-state index contributed by atoms with van der Waals surface area (Å²) in [6.07, 6.45) is -2.32. The van der Waals surface area contributed by atoms with Crippen LogP contribution in [0.4, 0.5) is 13.2 Å². The molecule has 2 heterocycles. The van der Waals surface area contributed by atoms with Crippen molar-refractivity contribution in [3.8, 4) is 5.75 Å². The predicted octanol–water partition coefficient (Wildman–Crippen LogP) is 3.40. The topological polar surface area (TPSA) is 73.4 Å². The van der Waals surface area contributed by atoms with Crippen molar-refractivity contribution in [3.63, 3.8) is 0 Å². The molecule has 162 valence electrons. The molecule has 0 spiro atoms. The minimum atomic E-state index is -4.56. The van der Waals surface area contributed by atoms with Crippen LogP contribution in [0.2, 0.25) is 0 Å². The Labute approximate surface area is 172 Å². The van der Waals surface area contributed by atoms with E-state index in [2.05, 4.69) is 5.10 Å². The molecule has 2 N–H and O–H groups in total. The molecule has 1 saturated heterocycles. The van der Waals surface area contributed by atoms with Gasteiger partial charge in [-0.2, -0.15) is 18.3 Å². The van der Waals surface area contributed by atoms with E-state index in [1.165, 1.54) is 0 Å². The number of halogens is 3. The van der Waals surface area contributed by atoms with E-state index in [1.807, 2.05) is 25.1 Å². The number of nitrogens with zero attached hydrogens (tertiary/aromatic N) is 3. The van der Waals surface area contributed by atoms with Crippen molar-refractivity contribution in [1.29, 1.82) is 0 Å². The summed E-state index contributed by atoms with van der Waals surface area (Å²) in [5.41, 5.74) is 7.56.